The minimum Gasteiger partial charge on any atom is -0.480 e. The van der Waals surface area contributed by atoms with E-state index in [1.807, 2.05) is 53.2 Å². The lowest BCUT2D eigenvalue weighted by Gasteiger charge is -2.07. The highest BCUT2D eigenvalue weighted by molar-refractivity contribution is 6.10. The molecule has 0 unspecified atom stereocenters. The van der Waals surface area contributed by atoms with Gasteiger partial charge in [0.25, 0.3) is 0 Å². The van der Waals surface area contributed by atoms with Gasteiger partial charge < -0.3 is 25.1 Å². The van der Waals surface area contributed by atoms with Crippen LogP contribution >= 0.6 is 0 Å². The van der Waals surface area contributed by atoms with Crippen molar-refractivity contribution in [3.8, 4) is 11.1 Å². The maximum atomic E-state index is 12.2. The average molecular weight is 441 g/mol. The summed E-state index contributed by atoms with van der Waals surface area (Å²) in [6.07, 6.45) is 2.59. The zero-order valence-electron chi connectivity index (χ0n) is 17.9. The molecule has 5 aromatic rings. The Kier molecular flexibility index (Phi) is 5.32. The molecule has 7 heteroatoms. The number of carbonyl (C=O) groups is 2. The van der Waals surface area contributed by atoms with Crippen LogP contribution in [0.2, 0.25) is 0 Å². The molecule has 1 amide bonds. The molecule has 2 aromatic heterocycles. The SMILES string of the molecule is NCCc1cn(CC(=O)NCC(=O)O)c2ccc(-c3cccc4c3oc3ccccc34)cc12. The summed E-state index contributed by atoms with van der Waals surface area (Å²) in [7, 11) is 0. The number of benzene rings is 3. The van der Waals surface area contributed by atoms with Gasteiger partial charge in [-0.25, -0.2) is 0 Å². The van der Waals surface area contributed by atoms with Crippen molar-refractivity contribution in [3.05, 3.63) is 72.4 Å². The fourth-order valence-corrected chi connectivity index (χ4v) is 4.38. The molecule has 7 nitrogen and oxygen atoms in total. The summed E-state index contributed by atoms with van der Waals surface area (Å²) in [5.41, 5.74) is 11.5. The van der Waals surface area contributed by atoms with E-state index in [2.05, 4.69) is 23.5 Å². The number of hydrogen-bond acceptors (Lipinski definition) is 4. The van der Waals surface area contributed by atoms with Crippen LogP contribution in [0.5, 0.6) is 0 Å². The molecule has 0 radical (unpaired) electrons. The third-order valence-electron chi connectivity index (χ3n) is 5.84. The van der Waals surface area contributed by atoms with E-state index in [9.17, 15) is 9.59 Å². The third kappa shape index (κ3) is 3.83. The number of aromatic nitrogens is 1. The molecule has 0 spiro atoms. The number of nitrogens with zero attached hydrogens (tertiary/aromatic N) is 1. The first-order valence-electron chi connectivity index (χ1n) is 10.8. The van der Waals surface area contributed by atoms with E-state index in [0.29, 0.717) is 13.0 Å². The number of furan rings is 1. The summed E-state index contributed by atoms with van der Waals surface area (Å²) in [6.45, 7) is 0.111. The number of hydrogen-bond donors (Lipinski definition) is 3. The smallest absolute Gasteiger partial charge is 0.322 e. The summed E-state index contributed by atoms with van der Waals surface area (Å²) in [6, 6.07) is 20.2. The minimum atomic E-state index is -1.08. The highest BCUT2D eigenvalue weighted by atomic mass is 16.4. The Morgan fingerprint density at radius 2 is 1.82 bits per heavy atom. The summed E-state index contributed by atoms with van der Waals surface area (Å²) in [4.78, 5) is 23.0. The van der Waals surface area contributed by atoms with Gasteiger partial charge in [-0.05, 0) is 42.3 Å². The topological polar surface area (TPSA) is 110 Å². The Balaban J connectivity index is 1.59. The van der Waals surface area contributed by atoms with Gasteiger partial charge in [-0.1, -0.05) is 42.5 Å². The van der Waals surface area contributed by atoms with E-state index >= 15 is 0 Å². The van der Waals surface area contributed by atoms with E-state index in [4.69, 9.17) is 15.3 Å². The number of nitrogens with two attached hydrogens (primary N) is 1. The van der Waals surface area contributed by atoms with Crippen molar-refractivity contribution in [1.29, 1.82) is 0 Å². The molecular weight excluding hydrogens is 418 g/mol. The summed E-state index contributed by atoms with van der Waals surface area (Å²) < 4.78 is 8.04. The van der Waals surface area contributed by atoms with Gasteiger partial charge in [-0.15, -0.1) is 0 Å². The Hall–Kier alpha value is -4.10. The quantitative estimate of drug-likeness (QED) is 0.355. The predicted octanol–water partition coefficient (Wildman–Crippen LogP) is 3.91. The number of nitrogens with one attached hydrogen (secondary N) is 1. The van der Waals surface area contributed by atoms with Crippen LogP contribution in [0.4, 0.5) is 0 Å². The van der Waals surface area contributed by atoms with Gasteiger partial charge in [-0.3, -0.25) is 9.59 Å². The normalized spacial score (nSPS) is 11.4. The van der Waals surface area contributed by atoms with Gasteiger partial charge >= 0.3 is 5.97 Å². The van der Waals surface area contributed by atoms with Crippen molar-refractivity contribution in [2.75, 3.05) is 13.1 Å². The third-order valence-corrected chi connectivity index (χ3v) is 5.84. The van der Waals surface area contributed by atoms with Gasteiger partial charge in [0.15, 0.2) is 0 Å². The van der Waals surface area contributed by atoms with Crippen molar-refractivity contribution in [2.24, 2.45) is 5.73 Å². The number of amides is 1. The van der Waals surface area contributed by atoms with E-state index in [0.717, 1.165) is 49.5 Å². The molecule has 0 saturated heterocycles. The first kappa shape index (κ1) is 20.8. The number of rotatable bonds is 7. The van der Waals surface area contributed by atoms with Crippen molar-refractivity contribution in [1.82, 2.24) is 9.88 Å². The maximum Gasteiger partial charge on any atom is 0.322 e. The zero-order valence-corrected chi connectivity index (χ0v) is 17.9. The fraction of sp³-hybridized carbons (Fsp3) is 0.154. The van der Waals surface area contributed by atoms with Gasteiger partial charge in [0.05, 0.1) is 0 Å². The van der Waals surface area contributed by atoms with Crippen LogP contribution in [0.3, 0.4) is 0 Å². The molecule has 0 atom stereocenters. The van der Waals surface area contributed by atoms with Crippen LogP contribution < -0.4 is 11.1 Å². The van der Waals surface area contributed by atoms with Crippen LogP contribution in [0.1, 0.15) is 5.56 Å². The molecule has 0 fully saturated rings. The number of para-hydroxylation sites is 2. The number of carbonyl (C=O) groups excluding carboxylic acids is 1. The standard InChI is InChI=1S/C26H23N3O4/c27-11-10-17-14-29(15-24(30)28-13-25(31)32)22-9-8-16(12-21(17)22)18-5-3-6-20-19-4-1-2-7-23(19)33-26(18)20/h1-9,12,14H,10-11,13,15,27H2,(H,28,30)(H,31,32). The van der Waals surface area contributed by atoms with Crippen LogP contribution in [0.15, 0.2) is 71.3 Å². The molecule has 0 saturated carbocycles. The van der Waals surface area contributed by atoms with Crippen LogP contribution in [0, 0.1) is 0 Å². The van der Waals surface area contributed by atoms with Gasteiger partial charge in [0.2, 0.25) is 5.91 Å². The van der Waals surface area contributed by atoms with Crippen LogP contribution in [-0.4, -0.2) is 34.6 Å². The second-order valence-electron chi connectivity index (χ2n) is 8.00. The maximum absolute atomic E-state index is 12.2. The van der Waals surface area contributed by atoms with E-state index in [-0.39, 0.29) is 12.5 Å². The first-order valence-corrected chi connectivity index (χ1v) is 10.8. The van der Waals surface area contributed by atoms with E-state index in [1.54, 1.807) is 0 Å². The molecule has 2 heterocycles. The van der Waals surface area contributed by atoms with Crippen molar-refractivity contribution >= 4 is 44.7 Å². The molecule has 33 heavy (non-hydrogen) atoms. The predicted molar refractivity (Wildman–Crippen MR) is 128 cm³/mol. The number of fused-ring (bicyclic) bond motifs is 4. The molecule has 0 aliphatic heterocycles. The molecule has 0 aliphatic carbocycles. The Bertz CT molecular complexity index is 1510. The number of carboxylic acids is 1. The lowest BCUT2D eigenvalue weighted by Crippen LogP contribution is -2.31. The molecule has 0 bridgehead atoms. The van der Waals surface area contributed by atoms with Gasteiger partial charge in [-0.2, -0.15) is 0 Å². The van der Waals surface area contributed by atoms with Crippen LogP contribution in [-0.2, 0) is 22.6 Å². The Morgan fingerprint density at radius 1 is 1.00 bits per heavy atom. The fourth-order valence-electron chi connectivity index (χ4n) is 4.38. The first-order chi connectivity index (χ1) is 16.0. The summed E-state index contributed by atoms with van der Waals surface area (Å²) in [5, 5.41) is 14.4. The largest absolute Gasteiger partial charge is 0.480 e. The molecule has 5 rings (SSSR count). The van der Waals surface area contributed by atoms with Crippen molar-refractivity contribution < 1.29 is 19.1 Å². The number of aliphatic carboxylic acids is 1. The van der Waals surface area contributed by atoms with Gasteiger partial charge in [0, 0.05) is 33.4 Å². The second kappa shape index (κ2) is 8.44. The lowest BCUT2D eigenvalue weighted by molar-refractivity contribution is -0.138. The Labute approximate surface area is 189 Å². The summed E-state index contributed by atoms with van der Waals surface area (Å²) in [5.74, 6) is -1.43. The summed E-state index contributed by atoms with van der Waals surface area (Å²) >= 11 is 0. The van der Waals surface area contributed by atoms with Crippen LogP contribution in [0.25, 0.3) is 44.0 Å². The average Bonchev–Trinajstić information content (AvgIpc) is 3.36. The van der Waals surface area contributed by atoms with E-state index in [1.165, 1.54) is 0 Å². The highest BCUT2D eigenvalue weighted by Crippen LogP contribution is 2.37. The molecule has 3 aromatic carbocycles. The number of carboxylic acid groups (broad SMARTS) is 1. The molecule has 166 valence electrons. The second-order valence-corrected chi connectivity index (χ2v) is 8.00. The molecule has 0 aliphatic rings. The molecular formula is C26H23N3O4. The Morgan fingerprint density at radius 3 is 2.64 bits per heavy atom. The lowest BCUT2D eigenvalue weighted by atomic mass is 9.99. The van der Waals surface area contributed by atoms with E-state index < -0.39 is 12.5 Å². The monoisotopic (exact) mass is 441 g/mol. The molecule has 4 N–H and O–H groups in total. The highest BCUT2D eigenvalue weighted by Gasteiger charge is 2.15. The van der Waals surface area contributed by atoms with Gasteiger partial charge in [0.1, 0.15) is 24.3 Å². The minimum absolute atomic E-state index is 0.0346. The van der Waals surface area contributed by atoms with Crippen molar-refractivity contribution in [2.45, 2.75) is 13.0 Å². The zero-order chi connectivity index (χ0) is 22.9. The van der Waals surface area contributed by atoms with Crippen molar-refractivity contribution in [3.63, 3.8) is 0 Å².